The second-order valence-electron chi connectivity index (χ2n) is 9.78. The molecule has 11 heteroatoms. The molecule has 0 aliphatic heterocycles. The van der Waals surface area contributed by atoms with E-state index in [0.29, 0.717) is 70.7 Å². The van der Waals surface area contributed by atoms with Crippen LogP contribution in [-0.2, 0) is 19.5 Å². The van der Waals surface area contributed by atoms with Gasteiger partial charge in [0.05, 0.1) is 25.6 Å². The van der Waals surface area contributed by atoms with Gasteiger partial charge in [-0.2, -0.15) is 4.98 Å². The van der Waals surface area contributed by atoms with E-state index >= 15 is 0 Å². The van der Waals surface area contributed by atoms with Crippen molar-refractivity contribution in [2.75, 3.05) is 37.9 Å². The maximum atomic E-state index is 14.1. The number of benzene rings is 2. The van der Waals surface area contributed by atoms with Gasteiger partial charge in [0, 0.05) is 73.0 Å². The number of rotatable bonds is 13. The molecule has 0 aliphatic carbocycles. The largest absolute Gasteiger partial charge is 0.497 e. The number of nitrogens with zero attached hydrogens (tertiary/aromatic N) is 5. The van der Waals surface area contributed by atoms with Gasteiger partial charge >= 0.3 is 0 Å². The van der Waals surface area contributed by atoms with Crippen molar-refractivity contribution in [2.45, 2.75) is 32.9 Å². The minimum absolute atomic E-state index is 0.219. The first kappa shape index (κ1) is 28.9. The second-order valence-corrected chi connectivity index (χ2v) is 10.2. The van der Waals surface area contributed by atoms with Crippen molar-refractivity contribution in [1.82, 2.24) is 24.1 Å². The Kier molecular flexibility index (Phi) is 9.23. The van der Waals surface area contributed by atoms with E-state index in [-0.39, 0.29) is 5.56 Å². The molecule has 3 aromatic heterocycles. The lowest BCUT2D eigenvalue weighted by molar-refractivity contribution is 0.395. The molecule has 3 heterocycles. The molecule has 0 aliphatic rings. The summed E-state index contributed by atoms with van der Waals surface area (Å²) >= 11 is 6.71. The quantitative estimate of drug-likeness (QED) is 0.186. The number of aromatic nitrogens is 5. The number of methoxy groups -OCH3 is 2. The van der Waals surface area contributed by atoms with Crippen LogP contribution < -0.4 is 25.7 Å². The van der Waals surface area contributed by atoms with Crippen LogP contribution in [-0.4, -0.2) is 51.4 Å². The second kappa shape index (κ2) is 13.4. The Morgan fingerprint density at radius 1 is 0.976 bits per heavy atom. The molecule has 2 N–H and O–H groups in total. The van der Waals surface area contributed by atoms with E-state index in [1.54, 1.807) is 48.6 Å². The van der Waals surface area contributed by atoms with Crippen molar-refractivity contribution >= 4 is 34.3 Å². The maximum Gasteiger partial charge on any atom is 0.260 e. The monoisotopic (exact) mass is 587 g/mol. The summed E-state index contributed by atoms with van der Waals surface area (Å²) in [6.07, 6.45) is 8.80. The molecule has 0 atom stereocenters. The molecule has 218 valence electrons. The molecular formula is C31H34ClN7O3. The van der Waals surface area contributed by atoms with Crippen molar-refractivity contribution < 1.29 is 9.47 Å². The smallest absolute Gasteiger partial charge is 0.260 e. The number of imidazole rings is 1. The maximum absolute atomic E-state index is 14.1. The SMILES string of the molecule is CCCNc1ccc(CCn2c(=O)c(-c3cc(OC)cc(OC)c3Cl)cc3cnc(NCCn4ccnc4)nc32)cc1. The first-order valence-electron chi connectivity index (χ1n) is 13.9. The lowest BCUT2D eigenvalue weighted by Gasteiger charge is -2.16. The van der Waals surface area contributed by atoms with E-state index in [4.69, 9.17) is 26.1 Å². The summed E-state index contributed by atoms with van der Waals surface area (Å²) in [5, 5.41) is 7.69. The number of fused-ring (bicyclic) bond motifs is 1. The highest BCUT2D eigenvalue weighted by molar-refractivity contribution is 6.35. The Morgan fingerprint density at radius 3 is 2.52 bits per heavy atom. The van der Waals surface area contributed by atoms with E-state index in [0.717, 1.165) is 24.2 Å². The minimum atomic E-state index is -0.219. The average molecular weight is 588 g/mol. The van der Waals surface area contributed by atoms with Crippen LogP contribution in [0.15, 0.2) is 72.2 Å². The number of hydrogen-bond donors (Lipinski definition) is 2. The van der Waals surface area contributed by atoms with Gasteiger partial charge in [0.25, 0.3) is 5.56 Å². The number of hydrogen-bond acceptors (Lipinski definition) is 8. The number of aryl methyl sites for hydroxylation is 2. The lowest BCUT2D eigenvalue weighted by atomic mass is 10.0. The highest BCUT2D eigenvalue weighted by Crippen LogP contribution is 2.38. The van der Waals surface area contributed by atoms with E-state index in [1.807, 2.05) is 10.8 Å². The molecule has 0 fully saturated rings. The van der Waals surface area contributed by atoms with Gasteiger partial charge in [-0.05, 0) is 42.7 Å². The molecule has 5 aromatic rings. The van der Waals surface area contributed by atoms with E-state index < -0.39 is 0 Å². The molecule has 0 saturated carbocycles. The summed E-state index contributed by atoms with van der Waals surface area (Å²) in [7, 11) is 3.09. The zero-order chi connectivity index (χ0) is 29.5. The third kappa shape index (κ3) is 6.49. The van der Waals surface area contributed by atoms with Gasteiger partial charge < -0.3 is 24.7 Å². The number of pyridine rings is 1. The van der Waals surface area contributed by atoms with Gasteiger partial charge in [0.15, 0.2) is 0 Å². The minimum Gasteiger partial charge on any atom is -0.497 e. The molecule has 0 unspecified atom stereocenters. The molecular weight excluding hydrogens is 554 g/mol. The standard InChI is InChI=1S/C31H34ClN7O3/c1-4-10-34-23-7-5-21(6-8-23)9-13-39-29-22(19-36-31(37-29)35-12-15-38-14-11-33-20-38)16-26(30(39)40)25-17-24(41-2)18-27(42-3)28(25)32/h5-8,11,14,16-20,34H,4,9-10,12-13,15H2,1-3H3,(H,35,36,37). The average Bonchev–Trinajstić information content (AvgIpc) is 3.54. The summed E-state index contributed by atoms with van der Waals surface area (Å²) in [4.78, 5) is 27.5. The number of ether oxygens (including phenoxy) is 2. The number of nitrogens with one attached hydrogen (secondary N) is 2. The Hall–Kier alpha value is -4.57. The zero-order valence-corrected chi connectivity index (χ0v) is 24.7. The van der Waals surface area contributed by atoms with E-state index in [2.05, 4.69) is 51.8 Å². The summed E-state index contributed by atoms with van der Waals surface area (Å²) < 4.78 is 14.6. The Labute approximate surface area is 249 Å². The summed E-state index contributed by atoms with van der Waals surface area (Å²) in [5.41, 5.74) is 3.43. The Balaban J connectivity index is 1.53. The Bertz CT molecular complexity index is 1700. The van der Waals surface area contributed by atoms with Crippen LogP contribution in [0.25, 0.3) is 22.2 Å². The van der Waals surface area contributed by atoms with Gasteiger partial charge in [0.1, 0.15) is 17.1 Å². The van der Waals surface area contributed by atoms with Gasteiger partial charge in [-0.25, -0.2) is 9.97 Å². The molecule has 0 spiro atoms. The van der Waals surface area contributed by atoms with Crippen LogP contribution in [0.1, 0.15) is 18.9 Å². The number of anilines is 2. The van der Waals surface area contributed by atoms with Crippen molar-refractivity contribution in [3.63, 3.8) is 0 Å². The lowest BCUT2D eigenvalue weighted by Crippen LogP contribution is -2.24. The summed E-state index contributed by atoms with van der Waals surface area (Å²) in [6, 6.07) is 13.5. The molecule has 0 amide bonds. The van der Waals surface area contributed by atoms with Gasteiger partial charge in [-0.15, -0.1) is 0 Å². The number of halogens is 1. The molecule has 0 radical (unpaired) electrons. The highest BCUT2D eigenvalue weighted by Gasteiger charge is 2.19. The van der Waals surface area contributed by atoms with Crippen molar-refractivity contribution in [1.29, 1.82) is 0 Å². The first-order chi connectivity index (χ1) is 20.5. The summed E-state index contributed by atoms with van der Waals surface area (Å²) in [6.45, 7) is 4.77. The molecule has 5 rings (SSSR count). The molecule has 0 saturated heterocycles. The fourth-order valence-electron chi connectivity index (χ4n) is 4.69. The normalized spacial score (nSPS) is 11.0. The molecule has 0 bridgehead atoms. The van der Waals surface area contributed by atoms with E-state index in [9.17, 15) is 4.79 Å². The van der Waals surface area contributed by atoms with Gasteiger partial charge in [0.2, 0.25) is 5.95 Å². The van der Waals surface area contributed by atoms with Crippen LogP contribution in [0.4, 0.5) is 11.6 Å². The van der Waals surface area contributed by atoms with Crippen LogP contribution in [0, 0.1) is 0 Å². The topological polar surface area (TPSA) is 108 Å². The van der Waals surface area contributed by atoms with Crippen LogP contribution >= 0.6 is 11.6 Å². The fraction of sp³-hybridized carbons (Fsp3) is 0.290. The van der Waals surface area contributed by atoms with Crippen molar-refractivity contribution in [3.8, 4) is 22.6 Å². The van der Waals surface area contributed by atoms with Crippen LogP contribution in [0.3, 0.4) is 0 Å². The predicted molar refractivity (Wildman–Crippen MR) is 167 cm³/mol. The third-order valence-electron chi connectivity index (χ3n) is 6.95. The Morgan fingerprint density at radius 2 is 1.81 bits per heavy atom. The predicted octanol–water partition coefficient (Wildman–Crippen LogP) is 5.50. The van der Waals surface area contributed by atoms with Crippen molar-refractivity contribution in [3.05, 3.63) is 88.3 Å². The van der Waals surface area contributed by atoms with Gasteiger partial charge in [-0.1, -0.05) is 30.7 Å². The van der Waals surface area contributed by atoms with Crippen LogP contribution in [0.2, 0.25) is 5.02 Å². The van der Waals surface area contributed by atoms with E-state index in [1.165, 1.54) is 7.11 Å². The molecule has 10 nitrogen and oxygen atoms in total. The third-order valence-corrected chi connectivity index (χ3v) is 7.34. The van der Waals surface area contributed by atoms with Crippen LogP contribution in [0.5, 0.6) is 11.5 Å². The summed E-state index contributed by atoms with van der Waals surface area (Å²) in [5.74, 6) is 1.39. The first-order valence-corrected chi connectivity index (χ1v) is 14.2. The fourth-order valence-corrected chi connectivity index (χ4v) is 4.98. The zero-order valence-electron chi connectivity index (χ0n) is 23.9. The molecule has 42 heavy (non-hydrogen) atoms. The van der Waals surface area contributed by atoms with Gasteiger partial charge in [-0.3, -0.25) is 9.36 Å². The van der Waals surface area contributed by atoms with Crippen molar-refractivity contribution in [2.24, 2.45) is 0 Å². The highest BCUT2D eigenvalue weighted by atomic mass is 35.5. The molecule has 2 aromatic carbocycles.